The van der Waals surface area contributed by atoms with Gasteiger partial charge in [0, 0.05) is 11.3 Å². The van der Waals surface area contributed by atoms with Crippen molar-refractivity contribution in [2.75, 3.05) is 5.75 Å². The molecule has 3 nitrogen and oxygen atoms in total. The lowest BCUT2D eigenvalue weighted by Gasteiger charge is -2.15. The summed E-state index contributed by atoms with van der Waals surface area (Å²) in [6.45, 7) is 0. The van der Waals surface area contributed by atoms with Crippen LogP contribution in [0.3, 0.4) is 0 Å². The first-order chi connectivity index (χ1) is 7.75. The van der Waals surface area contributed by atoms with Crippen molar-refractivity contribution < 1.29 is 9.90 Å². The number of rotatable bonds is 7. The van der Waals surface area contributed by atoms with Gasteiger partial charge in [0.15, 0.2) is 0 Å². The number of hydrogen-bond donors (Lipinski definition) is 2. The SMILES string of the molecule is O=C(O)C(CCSC1CCCC1)NC1CC1. The molecule has 0 aliphatic heterocycles. The van der Waals surface area contributed by atoms with Gasteiger partial charge in [-0.2, -0.15) is 11.8 Å². The Bertz CT molecular complexity index is 237. The topological polar surface area (TPSA) is 49.3 Å². The summed E-state index contributed by atoms with van der Waals surface area (Å²) >= 11 is 1.97. The zero-order chi connectivity index (χ0) is 11.4. The maximum atomic E-state index is 11.0. The molecule has 92 valence electrons. The summed E-state index contributed by atoms with van der Waals surface area (Å²) < 4.78 is 0. The van der Waals surface area contributed by atoms with Crippen LogP contribution in [-0.2, 0) is 4.79 Å². The molecule has 1 unspecified atom stereocenters. The Labute approximate surface area is 101 Å². The smallest absolute Gasteiger partial charge is 0.320 e. The van der Waals surface area contributed by atoms with Gasteiger partial charge in [0.2, 0.25) is 0 Å². The van der Waals surface area contributed by atoms with Crippen LogP contribution in [0.5, 0.6) is 0 Å². The monoisotopic (exact) mass is 243 g/mol. The van der Waals surface area contributed by atoms with E-state index >= 15 is 0 Å². The molecule has 0 aromatic rings. The lowest BCUT2D eigenvalue weighted by atomic mass is 10.2. The Morgan fingerprint density at radius 1 is 1.31 bits per heavy atom. The number of thioether (sulfide) groups is 1. The second kappa shape index (κ2) is 5.92. The third-order valence-corrected chi connectivity index (χ3v) is 4.79. The molecule has 0 bridgehead atoms. The first kappa shape index (κ1) is 12.2. The second-order valence-electron chi connectivity index (χ2n) is 4.90. The lowest BCUT2D eigenvalue weighted by molar-refractivity contribution is -0.139. The molecule has 0 saturated heterocycles. The van der Waals surface area contributed by atoms with Crippen LogP contribution in [0.2, 0.25) is 0 Å². The van der Waals surface area contributed by atoms with Crippen molar-refractivity contribution in [1.29, 1.82) is 0 Å². The van der Waals surface area contributed by atoms with Crippen molar-refractivity contribution in [2.24, 2.45) is 0 Å². The molecule has 4 heteroatoms. The van der Waals surface area contributed by atoms with Crippen molar-refractivity contribution in [1.82, 2.24) is 5.32 Å². The van der Waals surface area contributed by atoms with Crippen molar-refractivity contribution >= 4 is 17.7 Å². The Kier molecular flexibility index (Phi) is 4.53. The quantitative estimate of drug-likeness (QED) is 0.720. The van der Waals surface area contributed by atoms with E-state index < -0.39 is 5.97 Å². The first-order valence-corrected chi connectivity index (χ1v) is 7.41. The predicted octanol–water partition coefficient (Wildman–Crippen LogP) is 2.26. The summed E-state index contributed by atoms with van der Waals surface area (Å²) in [5, 5.41) is 13.1. The Hall–Kier alpha value is -0.220. The van der Waals surface area contributed by atoms with E-state index in [0.29, 0.717) is 6.04 Å². The number of carboxylic acids is 1. The fourth-order valence-corrected chi connectivity index (χ4v) is 3.59. The molecule has 2 aliphatic rings. The van der Waals surface area contributed by atoms with Gasteiger partial charge in [-0.25, -0.2) is 0 Å². The van der Waals surface area contributed by atoms with Gasteiger partial charge >= 0.3 is 5.97 Å². The molecule has 2 fully saturated rings. The van der Waals surface area contributed by atoms with Gasteiger partial charge in [-0.15, -0.1) is 0 Å². The summed E-state index contributed by atoms with van der Waals surface area (Å²) in [4.78, 5) is 11.0. The van der Waals surface area contributed by atoms with Crippen LogP contribution in [0.15, 0.2) is 0 Å². The summed E-state index contributed by atoms with van der Waals surface area (Å²) in [7, 11) is 0. The fraction of sp³-hybridized carbons (Fsp3) is 0.917. The summed E-state index contributed by atoms with van der Waals surface area (Å²) in [6, 6.07) is 0.166. The van der Waals surface area contributed by atoms with Gasteiger partial charge in [-0.1, -0.05) is 12.8 Å². The molecule has 2 saturated carbocycles. The average Bonchev–Trinajstić information content (AvgIpc) is 2.91. The van der Waals surface area contributed by atoms with Crippen LogP contribution in [0.25, 0.3) is 0 Å². The maximum absolute atomic E-state index is 11.0. The van der Waals surface area contributed by atoms with Crippen molar-refractivity contribution in [3.63, 3.8) is 0 Å². The molecule has 2 rings (SSSR count). The van der Waals surface area contributed by atoms with Crippen LogP contribution < -0.4 is 5.32 Å². The standard InChI is InChI=1S/C12H21NO2S/c14-12(15)11(13-9-5-6-9)7-8-16-10-3-1-2-4-10/h9-11,13H,1-8H2,(H,14,15). The van der Waals surface area contributed by atoms with Crippen LogP contribution in [0, 0.1) is 0 Å². The molecule has 0 aromatic carbocycles. The summed E-state index contributed by atoms with van der Waals surface area (Å²) in [5.74, 6) is 0.306. The Morgan fingerprint density at radius 2 is 2.00 bits per heavy atom. The third kappa shape index (κ3) is 3.98. The number of hydrogen-bond acceptors (Lipinski definition) is 3. The molecule has 16 heavy (non-hydrogen) atoms. The number of carbonyl (C=O) groups is 1. The largest absolute Gasteiger partial charge is 0.480 e. The normalized spacial score (nSPS) is 23.5. The lowest BCUT2D eigenvalue weighted by Crippen LogP contribution is -2.38. The minimum atomic E-state index is -0.682. The van der Waals surface area contributed by atoms with Gasteiger partial charge in [0.05, 0.1) is 0 Å². The highest BCUT2D eigenvalue weighted by Gasteiger charge is 2.28. The highest BCUT2D eigenvalue weighted by atomic mass is 32.2. The second-order valence-corrected chi connectivity index (χ2v) is 6.31. The Balaban J connectivity index is 1.62. The van der Waals surface area contributed by atoms with Gasteiger partial charge in [0.25, 0.3) is 0 Å². The van der Waals surface area contributed by atoms with Crippen molar-refractivity contribution in [3.8, 4) is 0 Å². The predicted molar refractivity (Wildman–Crippen MR) is 66.9 cm³/mol. The highest BCUT2D eigenvalue weighted by molar-refractivity contribution is 7.99. The third-order valence-electron chi connectivity index (χ3n) is 3.37. The first-order valence-electron chi connectivity index (χ1n) is 6.36. The van der Waals surface area contributed by atoms with E-state index in [-0.39, 0.29) is 6.04 Å². The minimum Gasteiger partial charge on any atom is -0.480 e. The molecule has 0 spiro atoms. The van der Waals surface area contributed by atoms with E-state index in [9.17, 15) is 4.79 Å². The fourth-order valence-electron chi connectivity index (χ4n) is 2.22. The van der Waals surface area contributed by atoms with E-state index in [4.69, 9.17) is 5.11 Å². The van der Waals surface area contributed by atoms with E-state index in [2.05, 4.69) is 5.32 Å². The van der Waals surface area contributed by atoms with E-state index in [1.807, 2.05) is 11.8 Å². The van der Waals surface area contributed by atoms with Crippen LogP contribution in [-0.4, -0.2) is 34.2 Å². The van der Waals surface area contributed by atoms with Crippen LogP contribution in [0.4, 0.5) is 0 Å². The number of nitrogens with one attached hydrogen (secondary N) is 1. The van der Waals surface area contributed by atoms with Gasteiger partial charge < -0.3 is 10.4 Å². The van der Waals surface area contributed by atoms with Crippen molar-refractivity contribution in [3.05, 3.63) is 0 Å². The molecule has 0 amide bonds. The van der Waals surface area contributed by atoms with Crippen LogP contribution >= 0.6 is 11.8 Å². The van der Waals surface area contributed by atoms with E-state index in [1.165, 1.54) is 25.7 Å². The molecule has 0 aromatic heterocycles. The number of aliphatic carboxylic acids is 1. The highest BCUT2D eigenvalue weighted by Crippen LogP contribution is 2.30. The molecular weight excluding hydrogens is 222 g/mol. The molecule has 2 aliphatic carbocycles. The van der Waals surface area contributed by atoms with Gasteiger partial charge in [0.1, 0.15) is 6.04 Å². The van der Waals surface area contributed by atoms with Crippen LogP contribution in [0.1, 0.15) is 44.9 Å². The minimum absolute atomic E-state index is 0.318. The molecule has 2 N–H and O–H groups in total. The van der Waals surface area contributed by atoms with Crippen molar-refractivity contribution in [2.45, 2.75) is 62.3 Å². The van der Waals surface area contributed by atoms with E-state index in [0.717, 1.165) is 30.3 Å². The van der Waals surface area contributed by atoms with Gasteiger partial charge in [-0.3, -0.25) is 4.79 Å². The Morgan fingerprint density at radius 3 is 2.56 bits per heavy atom. The van der Waals surface area contributed by atoms with Gasteiger partial charge in [-0.05, 0) is 37.9 Å². The zero-order valence-corrected chi connectivity index (χ0v) is 10.5. The number of carboxylic acid groups (broad SMARTS) is 1. The average molecular weight is 243 g/mol. The molecule has 0 heterocycles. The summed E-state index contributed by atoms with van der Waals surface area (Å²) in [6.07, 6.45) is 8.46. The molecule has 0 radical (unpaired) electrons. The zero-order valence-electron chi connectivity index (χ0n) is 9.65. The van der Waals surface area contributed by atoms with E-state index in [1.54, 1.807) is 0 Å². The maximum Gasteiger partial charge on any atom is 0.320 e. The molecular formula is C12H21NO2S. The molecule has 1 atom stereocenters. The summed E-state index contributed by atoms with van der Waals surface area (Å²) in [5.41, 5.74) is 0.